The SMILES string of the molecule is Cc1cccc(C2=NC3(CCN(S(=O)(=O)c4ccc(C)c(Cl)c4)CC3)NC2=O)c1. The second-order valence-electron chi connectivity index (χ2n) is 7.63. The molecule has 0 aliphatic carbocycles. The van der Waals surface area contributed by atoms with Gasteiger partial charge in [-0.15, -0.1) is 0 Å². The van der Waals surface area contributed by atoms with Gasteiger partial charge in [0.15, 0.2) is 0 Å². The Balaban J connectivity index is 1.54. The number of aliphatic imine (C=N–C) groups is 1. The summed E-state index contributed by atoms with van der Waals surface area (Å²) < 4.78 is 27.4. The van der Waals surface area contributed by atoms with E-state index in [4.69, 9.17) is 16.6 Å². The summed E-state index contributed by atoms with van der Waals surface area (Å²) in [5, 5.41) is 3.41. The lowest BCUT2D eigenvalue weighted by Gasteiger charge is -2.36. The van der Waals surface area contributed by atoms with Crippen molar-refractivity contribution >= 4 is 33.2 Å². The molecule has 0 unspecified atom stereocenters. The van der Waals surface area contributed by atoms with E-state index >= 15 is 0 Å². The molecule has 8 heteroatoms. The van der Waals surface area contributed by atoms with E-state index < -0.39 is 15.7 Å². The quantitative estimate of drug-likeness (QED) is 0.811. The second-order valence-corrected chi connectivity index (χ2v) is 9.98. The maximum absolute atomic E-state index is 13.0. The van der Waals surface area contributed by atoms with E-state index in [0.717, 1.165) is 16.7 Å². The Bertz CT molecular complexity index is 1120. The molecule has 2 aliphatic rings. The number of carbonyl (C=O) groups is 1. The third-order valence-electron chi connectivity index (χ3n) is 5.51. The number of sulfonamides is 1. The zero-order valence-corrected chi connectivity index (χ0v) is 17.8. The molecule has 1 amide bonds. The van der Waals surface area contributed by atoms with Crippen LogP contribution in [0, 0.1) is 13.8 Å². The third-order valence-corrected chi connectivity index (χ3v) is 7.81. The molecule has 152 valence electrons. The predicted octanol–water partition coefficient (Wildman–Crippen LogP) is 3.06. The molecule has 1 N–H and O–H groups in total. The zero-order valence-electron chi connectivity index (χ0n) is 16.3. The van der Waals surface area contributed by atoms with E-state index in [9.17, 15) is 13.2 Å². The number of amides is 1. The molecule has 2 aliphatic heterocycles. The number of carbonyl (C=O) groups excluding carboxylic acids is 1. The highest BCUT2D eigenvalue weighted by molar-refractivity contribution is 7.89. The fourth-order valence-electron chi connectivity index (χ4n) is 3.77. The molecule has 2 aromatic carbocycles. The van der Waals surface area contributed by atoms with Gasteiger partial charge in [-0.3, -0.25) is 9.79 Å². The number of rotatable bonds is 3. The van der Waals surface area contributed by atoms with Gasteiger partial charge in [0.1, 0.15) is 11.4 Å². The number of piperidine rings is 1. The molecule has 4 rings (SSSR count). The van der Waals surface area contributed by atoms with E-state index in [1.807, 2.05) is 38.1 Å². The van der Waals surface area contributed by atoms with Crippen molar-refractivity contribution < 1.29 is 13.2 Å². The van der Waals surface area contributed by atoms with Crippen molar-refractivity contribution in [2.45, 2.75) is 37.2 Å². The fraction of sp³-hybridized carbons (Fsp3) is 0.333. The van der Waals surface area contributed by atoms with Gasteiger partial charge in [0.05, 0.1) is 4.90 Å². The fourth-order valence-corrected chi connectivity index (χ4v) is 5.48. The van der Waals surface area contributed by atoms with Gasteiger partial charge < -0.3 is 5.32 Å². The van der Waals surface area contributed by atoms with Crippen LogP contribution in [0.15, 0.2) is 52.4 Å². The molecule has 1 saturated heterocycles. The van der Waals surface area contributed by atoms with Crippen molar-refractivity contribution in [3.8, 4) is 0 Å². The van der Waals surface area contributed by atoms with Crippen molar-refractivity contribution in [2.75, 3.05) is 13.1 Å². The van der Waals surface area contributed by atoms with Gasteiger partial charge in [-0.2, -0.15) is 4.31 Å². The first-order valence-electron chi connectivity index (χ1n) is 9.46. The minimum absolute atomic E-state index is 0.184. The monoisotopic (exact) mass is 431 g/mol. The van der Waals surface area contributed by atoms with Crippen LogP contribution in [0.1, 0.15) is 29.5 Å². The average molecular weight is 432 g/mol. The standard InChI is InChI=1S/C21H22ClN3O3S/c1-14-4-3-5-16(12-14)19-20(26)24-21(23-19)8-10-25(11-9-21)29(27,28)17-7-6-15(2)18(22)13-17/h3-7,12-13H,8-11H2,1-2H3,(H,24,26). The number of hydrogen-bond acceptors (Lipinski definition) is 4. The van der Waals surface area contributed by atoms with Gasteiger partial charge in [0.2, 0.25) is 10.0 Å². The van der Waals surface area contributed by atoms with Crippen LogP contribution in [0.5, 0.6) is 0 Å². The van der Waals surface area contributed by atoms with E-state index in [1.165, 1.54) is 10.4 Å². The molecule has 2 aromatic rings. The van der Waals surface area contributed by atoms with E-state index in [0.29, 0.717) is 23.6 Å². The molecular formula is C21H22ClN3O3S. The normalized spacial score (nSPS) is 19.3. The van der Waals surface area contributed by atoms with Crippen LogP contribution in [-0.2, 0) is 14.8 Å². The molecule has 0 atom stereocenters. The van der Waals surface area contributed by atoms with Gasteiger partial charge in [0.25, 0.3) is 5.91 Å². The Morgan fingerprint density at radius 3 is 2.48 bits per heavy atom. The largest absolute Gasteiger partial charge is 0.326 e. The second kappa shape index (κ2) is 7.23. The smallest absolute Gasteiger partial charge is 0.272 e. The van der Waals surface area contributed by atoms with Gasteiger partial charge in [-0.1, -0.05) is 41.4 Å². The topological polar surface area (TPSA) is 78.8 Å². The first-order valence-corrected chi connectivity index (χ1v) is 11.3. The third kappa shape index (κ3) is 3.70. The van der Waals surface area contributed by atoms with E-state index in [1.54, 1.807) is 12.1 Å². The molecule has 1 spiro atoms. The van der Waals surface area contributed by atoms with Crippen molar-refractivity contribution in [3.05, 3.63) is 64.2 Å². The van der Waals surface area contributed by atoms with Gasteiger partial charge in [-0.05, 0) is 37.6 Å². The van der Waals surface area contributed by atoms with Crippen LogP contribution in [-0.4, -0.2) is 43.1 Å². The van der Waals surface area contributed by atoms with Crippen LogP contribution in [0.25, 0.3) is 0 Å². The molecule has 0 aromatic heterocycles. The minimum atomic E-state index is -3.64. The Kier molecular flexibility index (Phi) is 5.01. The van der Waals surface area contributed by atoms with Crippen LogP contribution < -0.4 is 5.32 Å². The highest BCUT2D eigenvalue weighted by Gasteiger charge is 2.44. The Morgan fingerprint density at radius 1 is 1.10 bits per heavy atom. The van der Waals surface area contributed by atoms with Gasteiger partial charge in [-0.25, -0.2) is 8.42 Å². The molecule has 6 nitrogen and oxygen atoms in total. The summed E-state index contributed by atoms with van der Waals surface area (Å²) >= 11 is 6.11. The van der Waals surface area contributed by atoms with Crippen LogP contribution >= 0.6 is 11.6 Å². The van der Waals surface area contributed by atoms with Crippen molar-refractivity contribution in [1.82, 2.24) is 9.62 Å². The minimum Gasteiger partial charge on any atom is -0.326 e. The maximum Gasteiger partial charge on any atom is 0.272 e. The first kappa shape index (κ1) is 20.1. The maximum atomic E-state index is 13.0. The number of aryl methyl sites for hydroxylation is 2. The summed E-state index contributed by atoms with van der Waals surface area (Å²) in [6.45, 7) is 4.35. The number of nitrogens with zero attached hydrogens (tertiary/aromatic N) is 2. The molecular weight excluding hydrogens is 410 g/mol. The van der Waals surface area contributed by atoms with E-state index in [-0.39, 0.29) is 23.9 Å². The summed E-state index contributed by atoms with van der Waals surface area (Å²) in [6.07, 6.45) is 0.847. The number of hydrogen-bond donors (Lipinski definition) is 1. The first-order chi connectivity index (χ1) is 13.7. The highest BCUT2D eigenvalue weighted by Crippen LogP contribution is 2.32. The summed E-state index contributed by atoms with van der Waals surface area (Å²) in [4.78, 5) is 17.4. The Hall–Kier alpha value is -2.22. The van der Waals surface area contributed by atoms with Crippen molar-refractivity contribution in [3.63, 3.8) is 0 Å². The molecule has 2 heterocycles. The molecule has 0 bridgehead atoms. The summed E-state index contributed by atoms with van der Waals surface area (Å²) in [5.74, 6) is -0.211. The van der Waals surface area contributed by atoms with Gasteiger partial charge >= 0.3 is 0 Å². The summed E-state index contributed by atoms with van der Waals surface area (Å²) in [5.41, 5.74) is 2.33. The predicted molar refractivity (Wildman–Crippen MR) is 113 cm³/mol. The Morgan fingerprint density at radius 2 is 1.83 bits per heavy atom. The van der Waals surface area contributed by atoms with Gasteiger partial charge in [0, 0.05) is 36.5 Å². The lowest BCUT2D eigenvalue weighted by Crippen LogP contribution is -2.52. The zero-order chi connectivity index (χ0) is 20.8. The highest BCUT2D eigenvalue weighted by atomic mass is 35.5. The number of benzene rings is 2. The summed E-state index contributed by atoms with van der Waals surface area (Å²) in [6, 6.07) is 12.4. The lowest BCUT2D eigenvalue weighted by atomic mass is 10.00. The molecule has 0 radical (unpaired) electrons. The molecule has 0 saturated carbocycles. The summed E-state index contributed by atoms with van der Waals surface area (Å²) in [7, 11) is -3.64. The lowest BCUT2D eigenvalue weighted by molar-refractivity contribution is -0.115. The van der Waals surface area contributed by atoms with Crippen molar-refractivity contribution in [2.24, 2.45) is 4.99 Å². The van der Waals surface area contributed by atoms with Crippen LogP contribution in [0.4, 0.5) is 0 Å². The van der Waals surface area contributed by atoms with E-state index in [2.05, 4.69) is 5.32 Å². The molecule has 29 heavy (non-hydrogen) atoms. The van der Waals surface area contributed by atoms with Crippen molar-refractivity contribution in [1.29, 1.82) is 0 Å². The molecule has 1 fully saturated rings. The van der Waals surface area contributed by atoms with Crippen LogP contribution in [0.2, 0.25) is 5.02 Å². The van der Waals surface area contributed by atoms with Crippen LogP contribution in [0.3, 0.4) is 0 Å². The number of nitrogens with one attached hydrogen (secondary N) is 1. The Labute approximate surface area is 175 Å². The number of halogens is 1. The average Bonchev–Trinajstić information content (AvgIpc) is 3.00.